The molecule has 1 rings (SSSR count). The predicted molar refractivity (Wildman–Crippen MR) is 79.3 cm³/mol. The highest BCUT2D eigenvalue weighted by atomic mass is 16.5. The first-order chi connectivity index (χ1) is 8.39. The molecule has 1 atom stereocenters. The van der Waals surface area contributed by atoms with Crippen LogP contribution in [0.25, 0.3) is 0 Å². The van der Waals surface area contributed by atoms with Crippen molar-refractivity contribution < 1.29 is 4.74 Å². The van der Waals surface area contributed by atoms with Gasteiger partial charge in [-0.2, -0.15) is 0 Å². The second-order valence-corrected chi connectivity index (χ2v) is 5.68. The molecule has 0 aliphatic heterocycles. The molecule has 2 nitrogen and oxygen atoms in total. The zero-order chi connectivity index (χ0) is 13.8. The highest BCUT2D eigenvalue weighted by Gasteiger charge is 2.20. The van der Waals surface area contributed by atoms with Gasteiger partial charge in [0.15, 0.2) is 0 Å². The Morgan fingerprint density at radius 2 is 2.00 bits per heavy atom. The molecule has 1 unspecified atom stereocenters. The van der Waals surface area contributed by atoms with Gasteiger partial charge >= 0.3 is 0 Å². The van der Waals surface area contributed by atoms with Crippen LogP contribution < -0.4 is 5.32 Å². The van der Waals surface area contributed by atoms with Gasteiger partial charge in [0.25, 0.3) is 0 Å². The summed E-state index contributed by atoms with van der Waals surface area (Å²) in [6, 6.07) is 6.88. The lowest BCUT2D eigenvalue weighted by Gasteiger charge is -2.28. The molecule has 0 bridgehead atoms. The first-order valence-corrected chi connectivity index (χ1v) is 6.79. The molecule has 18 heavy (non-hydrogen) atoms. The summed E-state index contributed by atoms with van der Waals surface area (Å²) in [7, 11) is 1.78. The molecule has 0 spiro atoms. The van der Waals surface area contributed by atoms with Crippen LogP contribution in [0.1, 0.15) is 45.2 Å². The lowest BCUT2D eigenvalue weighted by atomic mass is 9.98. The lowest BCUT2D eigenvalue weighted by Crippen LogP contribution is -2.31. The number of ether oxygens (including phenoxy) is 1. The SMILES string of the molecule is CCc1cccc(C)c1NC(C)CC(C)(C)OC. The van der Waals surface area contributed by atoms with Crippen molar-refractivity contribution in [1.29, 1.82) is 0 Å². The molecule has 2 heteroatoms. The summed E-state index contributed by atoms with van der Waals surface area (Å²) in [5.74, 6) is 0. The molecule has 0 radical (unpaired) electrons. The predicted octanol–water partition coefficient (Wildman–Crippen LogP) is 4.17. The molecule has 0 aliphatic carbocycles. The van der Waals surface area contributed by atoms with Crippen LogP contribution in [0.4, 0.5) is 5.69 Å². The van der Waals surface area contributed by atoms with Crippen LogP contribution in [0.3, 0.4) is 0 Å². The van der Waals surface area contributed by atoms with Crippen molar-refractivity contribution in [3.63, 3.8) is 0 Å². The third kappa shape index (κ3) is 4.02. The van der Waals surface area contributed by atoms with E-state index >= 15 is 0 Å². The quantitative estimate of drug-likeness (QED) is 0.817. The smallest absolute Gasteiger partial charge is 0.0642 e. The molecule has 0 fully saturated rings. The molecule has 0 heterocycles. The number of anilines is 1. The van der Waals surface area contributed by atoms with E-state index in [0.717, 1.165) is 12.8 Å². The number of methoxy groups -OCH3 is 1. The Balaban J connectivity index is 2.78. The fraction of sp³-hybridized carbons (Fsp3) is 0.625. The van der Waals surface area contributed by atoms with Gasteiger partial charge in [-0.1, -0.05) is 25.1 Å². The first-order valence-electron chi connectivity index (χ1n) is 6.79. The Kier molecular flexibility index (Phi) is 5.21. The molecule has 0 amide bonds. The number of para-hydroxylation sites is 1. The molecule has 0 saturated carbocycles. The summed E-state index contributed by atoms with van der Waals surface area (Å²) in [5, 5.41) is 3.64. The topological polar surface area (TPSA) is 21.3 Å². The minimum atomic E-state index is -0.0819. The Hall–Kier alpha value is -1.02. The third-order valence-corrected chi connectivity index (χ3v) is 3.48. The number of rotatable bonds is 6. The van der Waals surface area contributed by atoms with Gasteiger partial charge in [-0.25, -0.2) is 0 Å². The molecule has 102 valence electrons. The zero-order valence-corrected chi connectivity index (χ0v) is 12.6. The number of nitrogens with one attached hydrogen (secondary N) is 1. The number of hydrogen-bond acceptors (Lipinski definition) is 2. The monoisotopic (exact) mass is 249 g/mol. The number of aryl methyl sites for hydroxylation is 2. The van der Waals surface area contributed by atoms with E-state index in [2.05, 4.69) is 58.1 Å². The second-order valence-electron chi connectivity index (χ2n) is 5.68. The molecule has 0 aromatic heterocycles. The largest absolute Gasteiger partial charge is 0.382 e. The van der Waals surface area contributed by atoms with Crippen LogP contribution >= 0.6 is 0 Å². The molecular weight excluding hydrogens is 222 g/mol. The summed E-state index contributed by atoms with van der Waals surface area (Å²) >= 11 is 0. The summed E-state index contributed by atoms with van der Waals surface area (Å²) in [4.78, 5) is 0. The standard InChI is InChI=1S/C16H27NO/c1-7-14-10-8-9-12(2)15(14)17-13(3)11-16(4,5)18-6/h8-10,13,17H,7,11H2,1-6H3. The molecule has 0 saturated heterocycles. The van der Waals surface area contributed by atoms with Gasteiger partial charge < -0.3 is 10.1 Å². The summed E-state index contributed by atoms with van der Waals surface area (Å²) in [5.41, 5.74) is 3.91. The molecule has 0 aliphatic rings. The fourth-order valence-electron chi connectivity index (χ4n) is 2.35. The number of hydrogen-bond donors (Lipinski definition) is 1. The van der Waals surface area contributed by atoms with Crippen LogP contribution in [-0.2, 0) is 11.2 Å². The average molecular weight is 249 g/mol. The summed E-state index contributed by atoms with van der Waals surface area (Å²) in [6.07, 6.45) is 2.05. The Labute approximate surface area is 112 Å². The summed E-state index contributed by atoms with van der Waals surface area (Å²) in [6.45, 7) is 10.8. The molecule has 1 aromatic rings. The minimum absolute atomic E-state index is 0.0819. The highest BCUT2D eigenvalue weighted by molar-refractivity contribution is 5.57. The van der Waals surface area contributed by atoms with E-state index in [0.29, 0.717) is 6.04 Å². The van der Waals surface area contributed by atoms with Gasteiger partial charge in [0.05, 0.1) is 5.60 Å². The van der Waals surface area contributed by atoms with Crippen molar-refractivity contribution in [2.24, 2.45) is 0 Å². The summed E-state index contributed by atoms with van der Waals surface area (Å²) < 4.78 is 5.49. The average Bonchev–Trinajstić information content (AvgIpc) is 2.31. The second kappa shape index (κ2) is 6.24. The van der Waals surface area contributed by atoms with Crippen molar-refractivity contribution in [2.75, 3.05) is 12.4 Å². The normalized spacial score (nSPS) is 13.4. The van der Waals surface area contributed by atoms with Gasteiger partial charge in [0.1, 0.15) is 0 Å². The van der Waals surface area contributed by atoms with E-state index < -0.39 is 0 Å². The Morgan fingerprint density at radius 1 is 1.33 bits per heavy atom. The zero-order valence-electron chi connectivity index (χ0n) is 12.6. The van der Waals surface area contributed by atoms with E-state index in [9.17, 15) is 0 Å². The maximum Gasteiger partial charge on any atom is 0.0642 e. The van der Waals surface area contributed by atoms with Crippen molar-refractivity contribution in [3.05, 3.63) is 29.3 Å². The van der Waals surface area contributed by atoms with E-state index in [4.69, 9.17) is 4.74 Å². The maximum absolute atomic E-state index is 5.49. The van der Waals surface area contributed by atoms with Gasteiger partial charge in [-0.05, 0) is 51.7 Å². The van der Waals surface area contributed by atoms with E-state index in [-0.39, 0.29) is 5.60 Å². The Morgan fingerprint density at radius 3 is 2.56 bits per heavy atom. The van der Waals surface area contributed by atoms with Crippen LogP contribution in [0.15, 0.2) is 18.2 Å². The number of benzene rings is 1. The van der Waals surface area contributed by atoms with Crippen LogP contribution in [0.2, 0.25) is 0 Å². The van der Waals surface area contributed by atoms with Crippen LogP contribution in [0, 0.1) is 6.92 Å². The molecule has 1 N–H and O–H groups in total. The van der Waals surface area contributed by atoms with Crippen LogP contribution in [-0.4, -0.2) is 18.8 Å². The van der Waals surface area contributed by atoms with Crippen molar-refractivity contribution >= 4 is 5.69 Å². The fourth-order valence-corrected chi connectivity index (χ4v) is 2.35. The molecule has 1 aromatic carbocycles. The lowest BCUT2D eigenvalue weighted by molar-refractivity contribution is 0.0128. The third-order valence-electron chi connectivity index (χ3n) is 3.48. The maximum atomic E-state index is 5.49. The van der Waals surface area contributed by atoms with Crippen LogP contribution in [0.5, 0.6) is 0 Å². The van der Waals surface area contributed by atoms with Crippen molar-refractivity contribution in [3.8, 4) is 0 Å². The van der Waals surface area contributed by atoms with Crippen molar-refractivity contribution in [1.82, 2.24) is 0 Å². The van der Waals surface area contributed by atoms with Gasteiger partial charge in [-0.15, -0.1) is 0 Å². The van der Waals surface area contributed by atoms with Gasteiger partial charge in [0, 0.05) is 18.8 Å². The van der Waals surface area contributed by atoms with Gasteiger partial charge in [-0.3, -0.25) is 0 Å². The highest BCUT2D eigenvalue weighted by Crippen LogP contribution is 2.24. The van der Waals surface area contributed by atoms with E-state index in [1.807, 2.05) is 0 Å². The van der Waals surface area contributed by atoms with E-state index in [1.54, 1.807) is 7.11 Å². The van der Waals surface area contributed by atoms with Crippen molar-refractivity contribution in [2.45, 2.75) is 59.1 Å². The van der Waals surface area contributed by atoms with E-state index in [1.165, 1.54) is 16.8 Å². The molecular formula is C16H27NO. The minimum Gasteiger partial charge on any atom is -0.382 e. The Bertz CT molecular complexity index is 385. The van der Waals surface area contributed by atoms with Gasteiger partial charge in [0.2, 0.25) is 0 Å². The first kappa shape index (κ1) is 15.0.